The van der Waals surface area contributed by atoms with Gasteiger partial charge in [0.05, 0.1) is 5.52 Å². The molecular weight excluding hydrogens is 355 g/mol. The van der Waals surface area contributed by atoms with Crippen LogP contribution in [0.4, 0.5) is 10.2 Å². The van der Waals surface area contributed by atoms with Crippen LogP contribution in [-0.4, -0.2) is 46.8 Å². The van der Waals surface area contributed by atoms with E-state index in [0.717, 1.165) is 47.5 Å². The van der Waals surface area contributed by atoms with E-state index in [4.69, 9.17) is 5.10 Å². The second kappa shape index (κ2) is 7.46. The lowest BCUT2D eigenvalue weighted by molar-refractivity contribution is -0.126. The highest BCUT2D eigenvalue weighted by atomic mass is 19.1. The fourth-order valence-electron chi connectivity index (χ4n) is 3.76. The highest BCUT2D eigenvalue weighted by Gasteiger charge is 2.24. The quantitative estimate of drug-likeness (QED) is 0.650. The molecule has 5 nitrogen and oxygen atoms in total. The van der Waals surface area contributed by atoms with Crippen LogP contribution >= 0.6 is 0 Å². The van der Waals surface area contributed by atoms with Crippen LogP contribution in [0.3, 0.4) is 0 Å². The van der Waals surface area contributed by atoms with Gasteiger partial charge >= 0.3 is 0 Å². The number of piperazine rings is 1. The van der Waals surface area contributed by atoms with Crippen LogP contribution in [-0.2, 0) is 11.3 Å². The van der Waals surface area contributed by atoms with E-state index in [-0.39, 0.29) is 11.7 Å². The number of benzene rings is 2. The number of hydrogen-bond donors (Lipinski definition) is 0. The highest BCUT2D eigenvalue weighted by molar-refractivity contribution is 5.94. The minimum atomic E-state index is -0.239. The molecule has 0 saturated carbocycles. The summed E-state index contributed by atoms with van der Waals surface area (Å²) in [6.07, 6.45) is 1.37. The topological polar surface area (TPSA) is 41.4 Å². The van der Waals surface area contributed by atoms with E-state index < -0.39 is 0 Å². The van der Waals surface area contributed by atoms with Crippen LogP contribution in [0.1, 0.15) is 6.92 Å². The Morgan fingerprint density at radius 1 is 1.11 bits per heavy atom. The van der Waals surface area contributed by atoms with Gasteiger partial charge in [-0.25, -0.2) is 9.07 Å². The van der Waals surface area contributed by atoms with Gasteiger partial charge in [-0.1, -0.05) is 24.8 Å². The standard InChI is InChI=1S/C22H23FN4O/c1-3-21(28)25-11-13-26(14-12-25)22-19-10-7-17(15-20(19)24-27(22)4-2)16-5-8-18(23)9-6-16/h3,5-10,15H,1,4,11-14H2,2H3. The van der Waals surface area contributed by atoms with Gasteiger partial charge in [0.2, 0.25) is 5.91 Å². The Morgan fingerprint density at radius 3 is 2.43 bits per heavy atom. The maximum atomic E-state index is 13.2. The summed E-state index contributed by atoms with van der Waals surface area (Å²) in [7, 11) is 0. The SMILES string of the molecule is C=CC(=O)N1CCN(c2c3ccc(-c4ccc(F)cc4)cc3nn2CC)CC1. The Kier molecular flexibility index (Phi) is 4.86. The summed E-state index contributed by atoms with van der Waals surface area (Å²) in [5.41, 5.74) is 2.90. The van der Waals surface area contributed by atoms with Crippen molar-refractivity contribution in [2.75, 3.05) is 31.1 Å². The number of rotatable bonds is 4. The van der Waals surface area contributed by atoms with Crippen molar-refractivity contribution in [1.82, 2.24) is 14.7 Å². The average Bonchev–Trinajstić information content (AvgIpc) is 3.11. The number of fused-ring (bicyclic) bond motifs is 1. The summed E-state index contributed by atoms with van der Waals surface area (Å²) in [4.78, 5) is 16.0. The van der Waals surface area contributed by atoms with Crippen molar-refractivity contribution < 1.29 is 9.18 Å². The van der Waals surface area contributed by atoms with Gasteiger partial charge in [0, 0.05) is 38.1 Å². The first-order valence-electron chi connectivity index (χ1n) is 9.53. The third kappa shape index (κ3) is 3.26. The molecule has 0 bridgehead atoms. The lowest BCUT2D eigenvalue weighted by atomic mass is 10.0. The molecule has 0 spiro atoms. The molecular formula is C22H23FN4O. The Bertz CT molecular complexity index is 1020. The zero-order valence-electron chi connectivity index (χ0n) is 15.9. The summed E-state index contributed by atoms with van der Waals surface area (Å²) in [6, 6.07) is 12.7. The van der Waals surface area contributed by atoms with Gasteiger partial charge in [0.25, 0.3) is 0 Å². The zero-order valence-corrected chi connectivity index (χ0v) is 15.9. The van der Waals surface area contributed by atoms with Crippen molar-refractivity contribution in [3.63, 3.8) is 0 Å². The van der Waals surface area contributed by atoms with E-state index in [1.807, 2.05) is 9.58 Å². The van der Waals surface area contributed by atoms with Crippen LogP contribution in [0, 0.1) is 5.82 Å². The number of nitrogens with zero attached hydrogens (tertiary/aromatic N) is 4. The number of hydrogen-bond acceptors (Lipinski definition) is 3. The van der Waals surface area contributed by atoms with Crippen molar-refractivity contribution >= 4 is 22.6 Å². The molecule has 6 heteroatoms. The maximum Gasteiger partial charge on any atom is 0.246 e. The predicted molar refractivity (Wildman–Crippen MR) is 110 cm³/mol. The molecule has 4 rings (SSSR count). The van der Waals surface area contributed by atoms with Crippen LogP contribution in [0.5, 0.6) is 0 Å². The minimum Gasteiger partial charge on any atom is -0.353 e. The molecule has 0 N–H and O–H groups in total. The Labute approximate surface area is 163 Å². The van der Waals surface area contributed by atoms with E-state index in [0.29, 0.717) is 13.1 Å². The summed E-state index contributed by atoms with van der Waals surface area (Å²) in [5, 5.41) is 5.88. The van der Waals surface area contributed by atoms with Gasteiger partial charge in [0.1, 0.15) is 11.6 Å². The van der Waals surface area contributed by atoms with Gasteiger partial charge in [0.15, 0.2) is 0 Å². The molecule has 3 aromatic rings. The monoisotopic (exact) mass is 378 g/mol. The number of carbonyl (C=O) groups is 1. The first kappa shape index (κ1) is 18.2. The molecule has 144 valence electrons. The van der Waals surface area contributed by atoms with Gasteiger partial charge < -0.3 is 9.80 Å². The van der Waals surface area contributed by atoms with Gasteiger partial charge in [-0.15, -0.1) is 0 Å². The third-order valence-corrected chi connectivity index (χ3v) is 5.25. The molecule has 1 amide bonds. The molecule has 1 aromatic heterocycles. The molecule has 0 radical (unpaired) electrons. The largest absolute Gasteiger partial charge is 0.353 e. The van der Waals surface area contributed by atoms with Crippen molar-refractivity contribution in [2.24, 2.45) is 0 Å². The van der Waals surface area contributed by atoms with Crippen molar-refractivity contribution in [3.8, 4) is 11.1 Å². The minimum absolute atomic E-state index is 0.0163. The van der Waals surface area contributed by atoms with Crippen molar-refractivity contribution in [3.05, 3.63) is 60.9 Å². The third-order valence-electron chi connectivity index (χ3n) is 5.25. The Morgan fingerprint density at radius 2 is 1.79 bits per heavy atom. The second-order valence-electron chi connectivity index (χ2n) is 6.89. The fourth-order valence-corrected chi connectivity index (χ4v) is 3.76. The maximum absolute atomic E-state index is 13.2. The molecule has 28 heavy (non-hydrogen) atoms. The first-order chi connectivity index (χ1) is 13.6. The highest BCUT2D eigenvalue weighted by Crippen LogP contribution is 2.31. The molecule has 2 heterocycles. The molecule has 0 aliphatic carbocycles. The van der Waals surface area contributed by atoms with Crippen LogP contribution < -0.4 is 4.90 Å². The van der Waals surface area contributed by atoms with E-state index in [1.54, 1.807) is 12.1 Å². The smallest absolute Gasteiger partial charge is 0.246 e. The van der Waals surface area contributed by atoms with Gasteiger partial charge in [-0.05, 0) is 48.4 Å². The average molecular weight is 378 g/mol. The molecule has 2 aromatic carbocycles. The van der Waals surface area contributed by atoms with Gasteiger partial charge in [-0.2, -0.15) is 5.10 Å². The normalized spacial score (nSPS) is 14.5. The summed E-state index contributed by atoms with van der Waals surface area (Å²) >= 11 is 0. The number of anilines is 1. The van der Waals surface area contributed by atoms with E-state index >= 15 is 0 Å². The summed E-state index contributed by atoms with van der Waals surface area (Å²) < 4.78 is 15.2. The Balaban J connectivity index is 1.66. The second-order valence-corrected chi connectivity index (χ2v) is 6.89. The number of aromatic nitrogens is 2. The lowest BCUT2D eigenvalue weighted by Crippen LogP contribution is -2.48. The zero-order chi connectivity index (χ0) is 19.7. The summed E-state index contributed by atoms with van der Waals surface area (Å²) in [5.74, 6) is 0.836. The van der Waals surface area contributed by atoms with E-state index in [2.05, 4.69) is 36.6 Å². The molecule has 1 fully saturated rings. The van der Waals surface area contributed by atoms with Crippen molar-refractivity contribution in [2.45, 2.75) is 13.5 Å². The van der Waals surface area contributed by atoms with E-state index in [9.17, 15) is 9.18 Å². The molecule has 0 atom stereocenters. The fraction of sp³-hybridized carbons (Fsp3) is 0.273. The van der Waals surface area contributed by atoms with Crippen molar-refractivity contribution in [1.29, 1.82) is 0 Å². The van der Waals surface area contributed by atoms with Crippen LogP contribution in [0.2, 0.25) is 0 Å². The summed E-state index contributed by atoms with van der Waals surface area (Å²) in [6.45, 7) is 9.29. The van der Waals surface area contributed by atoms with Crippen LogP contribution in [0.25, 0.3) is 22.0 Å². The van der Waals surface area contributed by atoms with Gasteiger partial charge in [-0.3, -0.25) is 4.79 Å². The number of halogens is 1. The number of amides is 1. The first-order valence-corrected chi connectivity index (χ1v) is 9.53. The molecule has 1 aliphatic rings. The molecule has 0 unspecified atom stereocenters. The molecule has 1 aliphatic heterocycles. The lowest BCUT2D eigenvalue weighted by Gasteiger charge is -2.35. The number of aryl methyl sites for hydroxylation is 1. The van der Waals surface area contributed by atoms with E-state index in [1.165, 1.54) is 18.2 Å². The molecule has 1 saturated heterocycles. The van der Waals surface area contributed by atoms with Crippen LogP contribution in [0.15, 0.2) is 55.1 Å². The Hall–Kier alpha value is -3.15. The predicted octanol–water partition coefficient (Wildman–Crippen LogP) is 3.70. The number of carbonyl (C=O) groups excluding carboxylic acids is 1.